The summed E-state index contributed by atoms with van der Waals surface area (Å²) in [5, 5.41) is 3.52. The summed E-state index contributed by atoms with van der Waals surface area (Å²) < 4.78 is 20.6. The lowest BCUT2D eigenvalue weighted by Gasteiger charge is -2.36. The van der Waals surface area contributed by atoms with Crippen molar-refractivity contribution < 1.29 is 28.2 Å². The largest absolute Gasteiger partial charge is 0.493 e. The van der Waals surface area contributed by atoms with Crippen molar-refractivity contribution in [3.8, 4) is 11.5 Å². The van der Waals surface area contributed by atoms with Gasteiger partial charge in [0.25, 0.3) is 5.91 Å². The van der Waals surface area contributed by atoms with Crippen LogP contribution in [0.25, 0.3) is 0 Å². The highest BCUT2D eigenvalue weighted by atomic mass is 32.1. The zero-order valence-corrected chi connectivity index (χ0v) is 17.8. The van der Waals surface area contributed by atoms with Crippen molar-refractivity contribution in [2.75, 3.05) is 52.8 Å². The number of benzene rings is 1. The number of ether oxygens (including phenoxy) is 3. The van der Waals surface area contributed by atoms with Crippen LogP contribution < -0.4 is 14.8 Å². The number of thiocarbonyl (C=S) groups is 1. The minimum Gasteiger partial charge on any atom is -0.493 e. The monoisotopic (exact) mass is 433 g/mol. The van der Waals surface area contributed by atoms with Gasteiger partial charge in [0.1, 0.15) is 0 Å². The normalized spacial score (nSPS) is 13.6. The number of nitrogens with zero attached hydrogens (tertiary/aromatic N) is 2. The number of hydrogen-bond donors (Lipinski definition) is 1. The first-order valence-corrected chi connectivity index (χ1v) is 9.62. The number of methoxy groups -OCH3 is 3. The summed E-state index contributed by atoms with van der Waals surface area (Å²) >= 11 is 5.53. The highest BCUT2D eigenvalue weighted by Gasteiger charge is 2.26. The Morgan fingerprint density at radius 3 is 2.23 bits per heavy atom. The molecule has 0 saturated carbocycles. The Bertz CT molecular complexity index is 923. The number of nitrogens with one attached hydrogen (secondary N) is 1. The van der Waals surface area contributed by atoms with Gasteiger partial charge in [-0.05, 0) is 24.4 Å². The van der Waals surface area contributed by atoms with Gasteiger partial charge in [-0.3, -0.25) is 4.79 Å². The summed E-state index contributed by atoms with van der Waals surface area (Å²) in [6, 6.07) is 6.50. The Kier molecular flexibility index (Phi) is 6.78. The van der Waals surface area contributed by atoms with Crippen molar-refractivity contribution in [3.05, 3.63) is 41.9 Å². The lowest BCUT2D eigenvalue weighted by atomic mass is 10.1. The van der Waals surface area contributed by atoms with Gasteiger partial charge in [-0.15, -0.1) is 0 Å². The molecule has 1 aromatic carbocycles. The van der Waals surface area contributed by atoms with Crippen molar-refractivity contribution in [2.45, 2.75) is 0 Å². The molecule has 0 radical (unpaired) electrons. The van der Waals surface area contributed by atoms with Crippen LogP contribution in [0.5, 0.6) is 11.5 Å². The molecule has 1 amide bonds. The van der Waals surface area contributed by atoms with E-state index in [9.17, 15) is 9.59 Å². The number of piperazine rings is 1. The molecule has 0 spiro atoms. The predicted octanol–water partition coefficient (Wildman–Crippen LogP) is 2.24. The lowest BCUT2D eigenvalue weighted by Crippen LogP contribution is -2.51. The molecule has 0 aliphatic carbocycles. The van der Waals surface area contributed by atoms with Crippen molar-refractivity contribution in [2.24, 2.45) is 0 Å². The third-order valence-electron chi connectivity index (χ3n) is 4.76. The van der Waals surface area contributed by atoms with Gasteiger partial charge in [0.05, 0.1) is 38.8 Å². The molecule has 9 nitrogen and oxygen atoms in total. The summed E-state index contributed by atoms with van der Waals surface area (Å²) in [4.78, 5) is 28.3. The molecule has 0 atom stereocenters. The molecule has 0 bridgehead atoms. The average Bonchev–Trinajstić information content (AvgIpc) is 3.32. The first-order chi connectivity index (χ1) is 14.5. The second-order valence-electron chi connectivity index (χ2n) is 6.43. The molecular weight excluding hydrogens is 410 g/mol. The van der Waals surface area contributed by atoms with Crippen LogP contribution in [0.1, 0.15) is 20.9 Å². The number of furan rings is 1. The maximum absolute atomic E-state index is 12.4. The number of hydrogen-bond acceptors (Lipinski definition) is 7. The van der Waals surface area contributed by atoms with E-state index in [0.29, 0.717) is 54.2 Å². The predicted molar refractivity (Wildman–Crippen MR) is 113 cm³/mol. The van der Waals surface area contributed by atoms with Crippen molar-refractivity contribution in [3.63, 3.8) is 0 Å². The van der Waals surface area contributed by atoms with Gasteiger partial charge in [-0.1, -0.05) is 0 Å². The molecule has 1 saturated heterocycles. The third-order valence-corrected chi connectivity index (χ3v) is 5.12. The third kappa shape index (κ3) is 4.48. The minimum absolute atomic E-state index is 0.147. The smallest absolute Gasteiger partial charge is 0.340 e. The number of rotatable bonds is 5. The Morgan fingerprint density at radius 1 is 1.03 bits per heavy atom. The van der Waals surface area contributed by atoms with Gasteiger partial charge >= 0.3 is 5.97 Å². The maximum Gasteiger partial charge on any atom is 0.340 e. The maximum atomic E-state index is 12.4. The number of amides is 1. The SMILES string of the molecule is COC(=O)c1cc(OC)c(OC)cc1NC(=S)N1CCN(C(=O)c2ccco2)CC1. The molecule has 1 aromatic heterocycles. The summed E-state index contributed by atoms with van der Waals surface area (Å²) in [6.45, 7) is 2.08. The molecule has 1 aliphatic rings. The first kappa shape index (κ1) is 21.4. The first-order valence-electron chi connectivity index (χ1n) is 9.21. The van der Waals surface area contributed by atoms with Crippen LogP contribution in [0.15, 0.2) is 34.9 Å². The Balaban J connectivity index is 1.70. The molecule has 10 heteroatoms. The van der Waals surface area contributed by atoms with Crippen molar-refractivity contribution in [1.82, 2.24) is 9.80 Å². The van der Waals surface area contributed by atoms with Crippen LogP contribution >= 0.6 is 12.2 Å². The van der Waals surface area contributed by atoms with Gasteiger partial charge in [0, 0.05) is 38.3 Å². The number of carbonyl (C=O) groups is 2. The van der Waals surface area contributed by atoms with Crippen LogP contribution in [0.3, 0.4) is 0 Å². The van der Waals surface area contributed by atoms with E-state index in [1.807, 2.05) is 4.90 Å². The second-order valence-corrected chi connectivity index (χ2v) is 6.82. The molecule has 160 valence electrons. The van der Waals surface area contributed by atoms with Gasteiger partial charge in [0.2, 0.25) is 0 Å². The number of anilines is 1. The highest BCUT2D eigenvalue weighted by Crippen LogP contribution is 2.34. The Hall–Kier alpha value is -3.27. The fraction of sp³-hybridized carbons (Fsp3) is 0.350. The minimum atomic E-state index is -0.532. The van der Waals surface area contributed by atoms with Crippen LogP contribution in [0.2, 0.25) is 0 Å². The fourth-order valence-corrected chi connectivity index (χ4v) is 3.42. The quantitative estimate of drug-likeness (QED) is 0.563. The highest BCUT2D eigenvalue weighted by molar-refractivity contribution is 7.80. The van der Waals surface area contributed by atoms with E-state index in [1.165, 1.54) is 33.7 Å². The molecular formula is C20H23N3O6S. The van der Waals surface area contributed by atoms with E-state index < -0.39 is 5.97 Å². The zero-order valence-electron chi connectivity index (χ0n) is 17.0. The van der Waals surface area contributed by atoms with Gasteiger partial charge < -0.3 is 33.7 Å². The summed E-state index contributed by atoms with van der Waals surface area (Å²) in [6.07, 6.45) is 1.48. The average molecular weight is 433 g/mol. The van der Waals surface area contributed by atoms with Crippen LogP contribution in [0.4, 0.5) is 5.69 Å². The Labute approximate surface area is 179 Å². The second kappa shape index (κ2) is 9.49. The van der Waals surface area contributed by atoms with Crippen LogP contribution in [-0.4, -0.2) is 74.3 Å². The van der Waals surface area contributed by atoms with Gasteiger partial charge in [-0.2, -0.15) is 0 Å². The van der Waals surface area contributed by atoms with E-state index in [2.05, 4.69) is 5.32 Å². The van der Waals surface area contributed by atoms with Crippen molar-refractivity contribution in [1.29, 1.82) is 0 Å². The fourth-order valence-electron chi connectivity index (χ4n) is 3.12. The van der Waals surface area contributed by atoms with E-state index in [0.717, 1.165) is 0 Å². The van der Waals surface area contributed by atoms with Crippen LogP contribution in [-0.2, 0) is 4.74 Å². The summed E-state index contributed by atoms with van der Waals surface area (Å²) in [5.41, 5.74) is 0.711. The molecule has 3 rings (SSSR count). The van der Waals surface area contributed by atoms with E-state index in [4.69, 9.17) is 30.8 Å². The molecule has 30 heavy (non-hydrogen) atoms. The van der Waals surface area contributed by atoms with Crippen LogP contribution in [0, 0.1) is 0 Å². The summed E-state index contributed by atoms with van der Waals surface area (Å²) in [7, 11) is 4.30. The van der Waals surface area contributed by atoms with E-state index in [1.54, 1.807) is 23.1 Å². The summed E-state index contributed by atoms with van der Waals surface area (Å²) in [5.74, 6) is 0.488. The molecule has 2 aromatic rings. The van der Waals surface area contributed by atoms with Gasteiger partial charge in [-0.25, -0.2) is 4.79 Å². The molecule has 0 unspecified atom stereocenters. The zero-order chi connectivity index (χ0) is 21.7. The molecule has 1 N–H and O–H groups in total. The standard InChI is InChI=1S/C20H23N3O6S/c1-26-16-11-13(19(25)28-3)14(12-17(16)27-2)21-20(30)23-8-6-22(7-9-23)18(24)15-5-4-10-29-15/h4-5,10-12H,6-9H2,1-3H3,(H,21,30). The topological polar surface area (TPSA) is 93.5 Å². The Morgan fingerprint density at radius 2 is 1.67 bits per heavy atom. The lowest BCUT2D eigenvalue weighted by molar-refractivity contribution is 0.0600. The van der Waals surface area contributed by atoms with E-state index >= 15 is 0 Å². The molecule has 1 fully saturated rings. The number of carbonyl (C=O) groups excluding carboxylic acids is 2. The van der Waals surface area contributed by atoms with Crippen molar-refractivity contribution >= 4 is 34.9 Å². The molecule has 2 heterocycles. The number of esters is 1. The van der Waals surface area contributed by atoms with E-state index in [-0.39, 0.29) is 11.5 Å². The van der Waals surface area contributed by atoms with Gasteiger partial charge in [0.15, 0.2) is 22.4 Å². The molecule has 1 aliphatic heterocycles.